The second-order valence-electron chi connectivity index (χ2n) is 7.43. The molecule has 0 aliphatic carbocycles. The van der Waals surface area contributed by atoms with Crippen LogP contribution in [0.4, 0.5) is 9.18 Å². The third-order valence-corrected chi connectivity index (χ3v) is 5.91. The Morgan fingerprint density at radius 1 is 1.15 bits per heavy atom. The molecule has 1 aliphatic heterocycles. The standard InChI is InChI=1S/C23H19FN4O4S/c1-14-2-4-15(5-3-14)10-19-22(31)28(23(32)33-19)9-8-25-20(29)12-27-13-26-18-7-6-16(24)11-17(18)21(27)30/h2-7,10-11,13H,8-9,12H2,1H3,(H,25,29)/b19-10-. The second kappa shape index (κ2) is 9.37. The SMILES string of the molecule is Cc1ccc(/C=C2\SC(=O)N(CCNC(=O)Cn3cnc4ccc(F)cc4c3=O)C2=O)cc1. The minimum Gasteiger partial charge on any atom is -0.353 e. The molecule has 3 aromatic rings. The van der Waals surface area contributed by atoms with Crippen LogP contribution in [0.3, 0.4) is 0 Å². The lowest BCUT2D eigenvalue weighted by Crippen LogP contribution is -2.39. The van der Waals surface area contributed by atoms with Gasteiger partial charge < -0.3 is 5.32 Å². The largest absolute Gasteiger partial charge is 0.353 e. The Balaban J connectivity index is 1.35. The zero-order chi connectivity index (χ0) is 23.5. The van der Waals surface area contributed by atoms with Gasteiger partial charge in [-0.3, -0.25) is 28.6 Å². The number of fused-ring (bicyclic) bond motifs is 1. The van der Waals surface area contributed by atoms with Gasteiger partial charge in [-0.15, -0.1) is 0 Å². The molecule has 33 heavy (non-hydrogen) atoms. The molecule has 4 rings (SSSR count). The molecule has 0 atom stereocenters. The summed E-state index contributed by atoms with van der Waals surface area (Å²) in [6.45, 7) is 1.66. The van der Waals surface area contributed by atoms with Crippen LogP contribution < -0.4 is 10.9 Å². The van der Waals surface area contributed by atoms with Gasteiger partial charge in [0.05, 0.1) is 22.1 Å². The van der Waals surface area contributed by atoms with E-state index in [9.17, 15) is 23.6 Å². The van der Waals surface area contributed by atoms with E-state index < -0.39 is 28.4 Å². The predicted octanol–water partition coefficient (Wildman–Crippen LogP) is 2.70. The van der Waals surface area contributed by atoms with Gasteiger partial charge in [-0.2, -0.15) is 0 Å². The number of carbonyl (C=O) groups excluding carboxylic acids is 3. The summed E-state index contributed by atoms with van der Waals surface area (Å²) in [5, 5.41) is 2.24. The predicted molar refractivity (Wildman–Crippen MR) is 123 cm³/mol. The zero-order valence-corrected chi connectivity index (χ0v) is 18.4. The first kappa shape index (κ1) is 22.4. The lowest BCUT2D eigenvalue weighted by Gasteiger charge is -2.13. The van der Waals surface area contributed by atoms with E-state index in [2.05, 4.69) is 10.3 Å². The molecule has 1 aromatic heterocycles. The molecule has 168 valence electrons. The Morgan fingerprint density at radius 2 is 1.91 bits per heavy atom. The van der Waals surface area contributed by atoms with E-state index in [1.54, 1.807) is 6.08 Å². The van der Waals surface area contributed by atoms with Gasteiger partial charge in [-0.1, -0.05) is 29.8 Å². The van der Waals surface area contributed by atoms with Gasteiger partial charge in [0.2, 0.25) is 5.91 Å². The number of hydrogen-bond acceptors (Lipinski definition) is 6. The Bertz CT molecular complexity index is 1350. The van der Waals surface area contributed by atoms with Gasteiger partial charge >= 0.3 is 0 Å². The number of thioether (sulfide) groups is 1. The molecule has 1 fully saturated rings. The van der Waals surface area contributed by atoms with E-state index >= 15 is 0 Å². The van der Waals surface area contributed by atoms with Crippen molar-refractivity contribution in [1.82, 2.24) is 19.8 Å². The number of hydrogen-bond donors (Lipinski definition) is 1. The molecular weight excluding hydrogens is 447 g/mol. The third kappa shape index (κ3) is 5.01. The van der Waals surface area contributed by atoms with Crippen molar-refractivity contribution in [2.45, 2.75) is 13.5 Å². The van der Waals surface area contributed by atoms with E-state index in [4.69, 9.17) is 0 Å². The molecule has 3 amide bonds. The summed E-state index contributed by atoms with van der Waals surface area (Å²) < 4.78 is 14.5. The molecule has 8 nitrogen and oxygen atoms in total. The fourth-order valence-electron chi connectivity index (χ4n) is 3.27. The van der Waals surface area contributed by atoms with Crippen LogP contribution in [0.1, 0.15) is 11.1 Å². The molecule has 0 unspecified atom stereocenters. The van der Waals surface area contributed by atoms with Crippen molar-refractivity contribution in [3.8, 4) is 0 Å². The highest BCUT2D eigenvalue weighted by molar-refractivity contribution is 8.18. The van der Waals surface area contributed by atoms with E-state index in [0.29, 0.717) is 10.4 Å². The van der Waals surface area contributed by atoms with Crippen LogP contribution >= 0.6 is 11.8 Å². The molecular formula is C23H19FN4O4S. The molecule has 10 heteroatoms. The normalized spacial score (nSPS) is 15.0. The van der Waals surface area contributed by atoms with Crippen LogP contribution in [-0.2, 0) is 16.1 Å². The fraction of sp³-hybridized carbons (Fsp3) is 0.174. The van der Waals surface area contributed by atoms with Crippen molar-refractivity contribution in [2.24, 2.45) is 0 Å². The first-order valence-corrected chi connectivity index (χ1v) is 10.9. The maximum atomic E-state index is 13.4. The number of rotatable bonds is 6. The zero-order valence-electron chi connectivity index (χ0n) is 17.6. The number of nitrogens with zero attached hydrogens (tertiary/aromatic N) is 3. The minimum atomic E-state index is -0.572. The highest BCUT2D eigenvalue weighted by Gasteiger charge is 2.34. The highest BCUT2D eigenvalue weighted by Crippen LogP contribution is 2.31. The minimum absolute atomic E-state index is 0.00226. The smallest absolute Gasteiger partial charge is 0.293 e. The van der Waals surface area contributed by atoms with Crippen LogP contribution in [0.15, 0.2) is 58.5 Å². The van der Waals surface area contributed by atoms with Crippen molar-refractivity contribution in [3.63, 3.8) is 0 Å². The highest BCUT2D eigenvalue weighted by atomic mass is 32.2. The molecule has 0 radical (unpaired) electrons. The number of aryl methyl sites for hydroxylation is 1. The molecule has 1 saturated heterocycles. The van der Waals surface area contributed by atoms with Crippen molar-refractivity contribution in [1.29, 1.82) is 0 Å². The summed E-state index contributed by atoms with van der Waals surface area (Å²) in [5.74, 6) is -1.49. The van der Waals surface area contributed by atoms with Gasteiger partial charge in [0.25, 0.3) is 16.7 Å². The molecule has 0 bridgehead atoms. The van der Waals surface area contributed by atoms with Gasteiger partial charge in [0, 0.05) is 13.1 Å². The molecule has 2 heterocycles. The lowest BCUT2D eigenvalue weighted by molar-refractivity contribution is -0.124. The Labute approximate surface area is 192 Å². The monoisotopic (exact) mass is 466 g/mol. The summed E-state index contributed by atoms with van der Waals surface area (Å²) >= 11 is 0.848. The maximum absolute atomic E-state index is 13.4. The quantitative estimate of drug-likeness (QED) is 0.561. The van der Waals surface area contributed by atoms with Crippen LogP contribution in [-0.4, -0.2) is 44.6 Å². The van der Waals surface area contributed by atoms with Crippen molar-refractivity contribution in [3.05, 3.63) is 81.0 Å². The van der Waals surface area contributed by atoms with Crippen molar-refractivity contribution < 1.29 is 18.8 Å². The first-order chi connectivity index (χ1) is 15.8. The topological polar surface area (TPSA) is 101 Å². The number of carbonyl (C=O) groups is 3. The average molecular weight is 466 g/mol. The average Bonchev–Trinajstić information content (AvgIpc) is 3.05. The van der Waals surface area contributed by atoms with E-state index in [0.717, 1.165) is 38.4 Å². The molecule has 0 spiro atoms. The number of aromatic nitrogens is 2. The third-order valence-electron chi connectivity index (χ3n) is 5.01. The van der Waals surface area contributed by atoms with E-state index in [1.165, 1.54) is 18.5 Å². The fourth-order valence-corrected chi connectivity index (χ4v) is 4.13. The Hall–Kier alpha value is -3.79. The number of halogens is 1. The van der Waals surface area contributed by atoms with Gasteiger partial charge in [-0.25, -0.2) is 9.37 Å². The molecule has 2 aromatic carbocycles. The van der Waals surface area contributed by atoms with E-state index in [1.807, 2.05) is 31.2 Å². The summed E-state index contributed by atoms with van der Waals surface area (Å²) in [4.78, 5) is 55.0. The van der Waals surface area contributed by atoms with Crippen molar-refractivity contribution in [2.75, 3.05) is 13.1 Å². The summed E-state index contributed by atoms with van der Waals surface area (Å²) in [5.41, 5.74) is 1.69. The molecule has 1 N–H and O–H groups in total. The second-order valence-corrected chi connectivity index (χ2v) is 8.43. The first-order valence-electron chi connectivity index (χ1n) is 10.1. The molecule has 0 saturated carbocycles. The van der Waals surface area contributed by atoms with Gasteiger partial charge in [0.1, 0.15) is 12.4 Å². The number of imide groups is 1. The van der Waals surface area contributed by atoms with Crippen LogP contribution in [0.5, 0.6) is 0 Å². The van der Waals surface area contributed by atoms with Gasteiger partial charge in [0.15, 0.2) is 0 Å². The Kier molecular flexibility index (Phi) is 6.36. The van der Waals surface area contributed by atoms with E-state index in [-0.39, 0.29) is 25.0 Å². The number of benzene rings is 2. The van der Waals surface area contributed by atoms with Crippen LogP contribution in [0.2, 0.25) is 0 Å². The van der Waals surface area contributed by atoms with Crippen LogP contribution in [0, 0.1) is 12.7 Å². The summed E-state index contributed by atoms with van der Waals surface area (Å²) in [6, 6.07) is 11.2. The summed E-state index contributed by atoms with van der Waals surface area (Å²) in [6.07, 6.45) is 2.87. The maximum Gasteiger partial charge on any atom is 0.293 e. The van der Waals surface area contributed by atoms with Crippen LogP contribution in [0.25, 0.3) is 17.0 Å². The molecule has 1 aliphatic rings. The van der Waals surface area contributed by atoms with Crippen molar-refractivity contribution >= 4 is 45.8 Å². The van der Waals surface area contributed by atoms with Gasteiger partial charge in [-0.05, 0) is 48.5 Å². The summed E-state index contributed by atoms with van der Waals surface area (Å²) in [7, 11) is 0. The Morgan fingerprint density at radius 3 is 2.67 bits per heavy atom. The number of nitrogens with one attached hydrogen (secondary N) is 1. The lowest BCUT2D eigenvalue weighted by atomic mass is 10.1. The number of amides is 3.